The Morgan fingerprint density at radius 2 is 2.07 bits per heavy atom. The molecule has 27 heavy (non-hydrogen) atoms. The zero-order valence-corrected chi connectivity index (χ0v) is 16.4. The van der Waals surface area contributed by atoms with Crippen molar-refractivity contribution in [3.05, 3.63) is 67.4 Å². The van der Waals surface area contributed by atoms with E-state index in [1.165, 1.54) is 17.4 Å². The highest BCUT2D eigenvalue weighted by molar-refractivity contribution is 9.10. The molecule has 0 atom stereocenters. The number of H-pyrrole nitrogens is 1. The molecule has 2 aromatic heterocycles. The Bertz CT molecular complexity index is 1120. The highest BCUT2D eigenvalue weighted by atomic mass is 79.9. The second kappa shape index (κ2) is 7.21. The molecule has 2 N–H and O–H groups in total. The number of hydrogen-bond donors (Lipinski definition) is 2. The van der Waals surface area contributed by atoms with E-state index in [-0.39, 0.29) is 11.3 Å². The number of halogens is 1. The van der Waals surface area contributed by atoms with Crippen LogP contribution in [-0.4, -0.2) is 21.7 Å². The fourth-order valence-electron chi connectivity index (χ4n) is 3.02. The molecule has 1 aliphatic carbocycles. The maximum Gasteiger partial charge on any atom is 0.263 e. The summed E-state index contributed by atoms with van der Waals surface area (Å²) >= 11 is 4.69. The van der Waals surface area contributed by atoms with Crippen molar-refractivity contribution >= 4 is 44.1 Å². The van der Waals surface area contributed by atoms with Gasteiger partial charge >= 0.3 is 0 Å². The van der Waals surface area contributed by atoms with Gasteiger partial charge in [0.25, 0.3) is 11.5 Å². The van der Waals surface area contributed by atoms with Crippen LogP contribution in [0.2, 0.25) is 0 Å². The van der Waals surface area contributed by atoms with Gasteiger partial charge in [0.2, 0.25) is 0 Å². The molecule has 0 radical (unpaired) electrons. The van der Waals surface area contributed by atoms with Gasteiger partial charge in [-0.2, -0.15) is 0 Å². The van der Waals surface area contributed by atoms with Crippen LogP contribution in [0, 0.1) is 0 Å². The maximum atomic E-state index is 12.5. The summed E-state index contributed by atoms with van der Waals surface area (Å²) in [5, 5.41) is 4.87. The minimum absolute atomic E-state index is 0.0484. The molecule has 4 rings (SSSR count). The maximum absolute atomic E-state index is 12.5. The molecule has 0 aliphatic heterocycles. The van der Waals surface area contributed by atoms with Crippen LogP contribution in [-0.2, 0) is 6.42 Å². The first-order chi connectivity index (χ1) is 13.0. The lowest BCUT2D eigenvalue weighted by Gasteiger charge is -2.14. The number of aryl methyl sites for hydroxylation is 1. The summed E-state index contributed by atoms with van der Waals surface area (Å²) in [6.07, 6.45) is 1.79. The van der Waals surface area contributed by atoms with Gasteiger partial charge in [-0.15, -0.1) is 11.3 Å². The van der Waals surface area contributed by atoms with Gasteiger partial charge in [-0.25, -0.2) is 4.98 Å². The van der Waals surface area contributed by atoms with Gasteiger partial charge in [0, 0.05) is 33.1 Å². The van der Waals surface area contributed by atoms with Gasteiger partial charge < -0.3 is 4.98 Å². The number of pyridine rings is 1. The predicted octanol–water partition coefficient (Wildman–Crippen LogP) is 4.03. The topological polar surface area (TPSA) is 91.9 Å². The Kier molecular flexibility index (Phi) is 4.75. The van der Waals surface area contributed by atoms with E-state index in [2.05, 4.69) is 31.2 Å². The highest BCUT2D eigenvalue weighted by Crippen LogP contribution is 2.27. The van der Waals surface area contributed by atoms with Gasteiger partial charge in [0.15, 0.2) is 10.9 Å². The molecule has 0 bridgehead atoms. The predicted molar refractivity (Wildman–Crippen MR) is 108 cm³/mol. The van der Waals surface area contributed by atoms with E-state index in [0.29, 0.717) is 35.7 Å². The van der Waals surface area contributed by atoms with Crippen molar-refractivity contribution < 1.29 is 9.59 Å². The molecule has 1 aromatic carbocycles. The van der Waals surface area contributed by atoms with E-state index in [1.54, 1.807) is 0 Å². The zero-order valence-electron chi connectivity index (χ0n) is 14.0. The molecule has 136 valence electrons. The number of rotatable bonds is 3. The molecule has 0 saturated carbocycles. The summed E-state index contributed by atoms with van der Waals surface area (Å²) in [6.45, 7) is 0. The van der Waals surface area contributed by atoms with Crippen molar-refractivity contribution in [1.82, 2.24) is 9.97 Å². The lowest BCUT2D eigenvalue weighted by molar-refractivity contribution is 0.0971. The number of hydrogen-bond acceptors (Lipinski definition) is 5. The molecule has 1 amide bonds. The van der Waals surface area contributed by atoms with Crippen LogP contribution in [0.15, 0.2) is 45.0 Å². The van der Waals surface area contributed by atoms with Crippen LogP contribution in [0.4, 0.5) is 5.13 Å². The third-order valence-corrected chi connectivity index (χ3v) is 5.59. The van der Waals surface area contributed by atoms with Gasteiger partial charge in [0.1, 0.15) is 5.56 Å². The number of nitrogens with zero attached hydrogens (tertiary/aromatic N) is 1. The molecule has 6 nitrogen and oxygen atoms in total. The smallest absolute Gasteiger partial charge is 0.263 e. The number of ketones is 1. The molecule has 1 aliphatic rings. The van der Waals surface area contributed by atoms with E-state index >= 15 is 0 Å². The second-order valence-corrected chi connectivity index (χ2v) is 7.96. The Balaban J connectivity index is 1.59. The van der Waals surface area contributed by atoms with Crippen molar-refractivity contribution in [1.29, 1.82) is 0 Å². The Hall–Kier alpha value is -2.58. The van der Waals surface area contributed by atoms with Gasteiger partial charge in [-0.1, -0.05) is 28.1 Å². The summed E-state index contributed by atoms with van der Waals surface area (Å²) in [6, 6.07) is 9.07. The molecule has 3 aromatic rings. The average Bonchev–Trinajstić information content (AvgIpc) is 3.10. The highest BCUT2D eigenvalue weighted by Gasteiger charge is 2.22. The number of thiazole rings is 1. The zero-order chi connectivity index (χ0) is 19.0. The van der Waals surface area contributed by atoms with Crippen molar-refractivity contribution in [3.63, 3.8) is 0 Å². The SMILES string of the molecule is O=C1CCCc2[nH]c(=O)c(C(=O)Nc3nc(-c4cccc(Br)c4)cs3)cc21. The minimum Gasteiger partial charge on any atom is -0.325 e. The van der Waals surface area contributed by atoms with E-state index in [4.69, 9.17) is 0 Å². The molecule has 8 heteroatoms. The van der Waals surface area contributed by atoms with Gasteiger partial charge in [-0.05, 0) is 31.0 Å². The molecular weight excluding hydrogens is 430 g/mol. The molecule has 0 spiro atoms. The summed E-state index contributed by atoms with van der Waals surface area (Å²) in [5.41, 5.74) is 2.11. The Labute approximate surface area is 166 Å². The first-order valence-electron chi connectivity index (χ1n) is 8.33. The van der Waals surface area contributed by atoms with Crippen LogP contribution in [0.3, 0.4) is 0 Å². The molecule has 0 unspecified atom stereocenters. The summed E-state index contributed by atoms with van der Waals surface area (Å²) in [5.74, 6) is -0.625. The Morgan fingerprint density at radius 1 is 1.22 bits per heavy atom. The monoisotopic (exact) mass is 443 g/mol. The van der Waals surface area contributed by atoms with Crippen molar-refractivity contribution in [2.45, 2.75) is 19.3 Å². The third-order valence-electron chi connectivity index (χ3n) is 4.34. The van der Waals surface area contributed by atoms with E-state index in [9.17, 15) is 14.4 Å². The fourth-order valence-corrected chi connectivity index (χ4v) is 4.13. The van der Waals surface area contributed by atoms with Crippen molar-refractivity contribution in [2.75, 3.05) is 5.32 Å². The van der Waals surface area contributed by atoms with Crippen LogP contribution in [0.1, 0.15) is 39.3 Å². The normalized spacial score (nSPS) is 13.3. The minimum atomic E-state index is -0.576. The van der Waals surface area contributed by atoms with Crippen LogP contribution < -0.4 is 10.9 Å². The van der Waals surface area contributed by atoms with E-state index < -0.39 is 11.5 Å². The quantitative estimate of drug-likeness (QED) is 0.638. The van der Waals surface area contributed by atoms with E-state index in [0.717, 1.165) is 15.7 Å². The molecule has 0 fully saturated rings. The number of nitrogens with one attached hydrogen (secondary N) is 2. The summed E-state index contributed by atoms with van der Waals surface area (Å²) in [4.78, 5) is 43.9. The number of anilines is 1. The third kappa shape index (κ3) is 3.63. The number of amides is 1. The van der Waals surface area contributed by atoms with Gasteiger partial charge in [-0.3, -0.25) is 19.7 Å². The number of aromatic nitrogens is 2. The van der Waals surface area contributed by atoms with Crippen LogP contribution >= 0.6 is 27.3 Å². The van der Waals surface area contributed by atoms with Crippen molar-refractivity contribution in [2.24, 2.45) is 0 Å². The van der Waals surface area contributed by atoms with Crippen molar-refractivity contribution in [3.8, 4) is 11.3 Å². The number of benzene rings is 1. The molecule has 2 heterocycles. The fraction of sp³-hybridized carbons (Fsp3) is 0.158. The van der Waals surface area contributed by atoms with Crippen LogP contribution in [0.5, 0.6) is 0 Å². The second-order valence-electron chi connectivity index (χ2n) is 6.18. The average molecular weight is 444 g/mol. The number of Topliss-reactive ketones (excluding diaryl/α,β-unsaturated/α-hetero) is 1. The molecular formula is C19H14BrN3O3S. The lowest BCUT2D eigenvalue weighted by atomic mass is 9.93. The number of carbonyl (C=O) groups is 2. The first kappa shape index (κ1) is 17.8. The lowest BCUT2D eigenvalue weighted by Crippen LogP contribution is -2.27. The largest absolute Gasteiger partial charge is 0.325 e. The Morgan fingerprint density at radius 3 is 2.89 bits per heavy atom. The standard InChI is InChI=1S/C19H14BrN3O3S/c20-11-4-1-3-10(7-11)15-9-27-19(22-15)23-18(26)13-8-12-14(21-17(13)25)5-2-6-16(12)24/h1,3-4,7-9H,2,5-6H2,(H,21,25)(H,22,23,26). The van der Waals surface area contributed by atoms with E-state index in [1.807, 2.05) is 29.6 Å². The number of aromatic amines is 1. The van der Waals surface area contributed by atoms with Gasteiger partial charge in [0.05, 0.1) is 5.69 Å². The number of carbonyl (C=O) groups excluding carboxylic acids is 2. The van der Waals surface area contributed by atoms with Crippen LogP contribution in [0.25, 0.3) is 11.3 Å². The summed E-state index contributed by atoms with van der Waals surface area (Å²) in [7, 11) is 0. The number of fused-ring (bicyclic) bond motifs is 1. The molecule has 0 saturated heterocycles. The summed E-state index contributed by atoms with van der Waals surface area (Å²) < 4.78 is 0.934. The first-order valence-corrected chi connectivity index (χ1v) is 10.0.